The lowest BCUT2D eigenvalue weighted by atomic mass is 9.99. The second-order valence-corrected chi connectivity index (χ2v) is 12.0. The maximum Gasteiger partial charge on any atom is 0.228 e. The number of piperazine rings is 1. The van der Waals surface area contributed by atoms with Crippen molar-refractivity contribution in [1.29, 1.82) is 0 Å². The summed E-state index contributed by atoms with van der Waals surface area (Å²) >= 11 is 13.1. The first-order valence-electron chi connectivity index (χ1n) is 13.1. The molecule has 0 saturated carbocycles. The minimum atomic E-state index is -0.385. The highest BCUT2D eigenvalue weighted by molar-refractivity contribution is 6.37. The summed E-state index contributed by atoms with van der Waals surface area (Å²) in [5, 5.41) is 2.04. The van der Waals surface area contributed by atoms with E-state index in [1.165, 1.54) is 0 Å². The third kappa shape index (κ3) is 6.18. The zero-order valence-electron chi connectivity index (χ0n) is 23.2. The second kappa shape index (κ2) is 11.7. The Labute approximate surface area is 236 Å². The fraction of sp³-hybridized carbons (Fsp3) is 0.467. The lowest BCUT2D eigenvalue weighted by Crippen LogP contribution is -2.44. The maximum absolute atomic E-state index is 7.93. The summed E-state index contributed by atoms with van der Waals surface area (Å²) in [5.74, 6) is 0.826. The molecule has 2 heterocycles. The van der Waals surface area contributed by atoms with E-state index in [-0.39, 0.29) is 5.54 Å². The predicted octanol–water partition coefficient (Wildman–Crippen LogP) is 7.66. The van der Waals surface area contributed by atoms with Gasteiger partial charge >= 0.3 is 0 Å². The van der Waals surface area contributed by atoms with Gasteiger partial charge in [0.2, 0.25) is 5.69 Å². The summed E-state index contributed by atoms with van der Waals surface area (Å²) in [6.07, 6.45) is 2.62. The molecule has 0 N–H and O–H groups in total. The molecule has 0 spiro atoms. The maximum atomic E-state index is 7.93. The number of nitrogens with zero attached hydrogens (tertiary/aromatic N) is 5. The molecule has 0 radical (unpaired) electrons. The van der Waals surface area contributed by atoms with Crippen molar-refractivity contribution in [3.63, 3.8) is 0 Å². The minimum Gasteiger partial charge on any atom is -0.493 e. The number of fused-ring (bicyclic) bond motifs is 1. The van der Waals surface area contributed by atoms with Gasteiger partial charge < -0.3 is 19.4 Å². The lowest BCUT2D eigenvalue weighted by molar-refractivity contribution is 0.145. The van der Waals surface area contributed by atoms with Crippen LogP contribution >= 0.6 is 23.2 Å². The third-order valence-electron chi connectivity index (χ3n) is 7.07. The molecule has 0 amide bonds. The molecule has 1 aliphatic heterocycles. The molecular weight excluding hydrogens is 517 g/mol. The molecule has 38 heavy (non-hydrogen) atoms. The molecule has 0 aliphatic carbocycles. The van der Waals surface area contributed by atoms with Crippen molar-refractivity contribution >= 4 is 51.2 Å². The van der Waals surface area contributed by atoms with Gasteiger partial charge in [0, 0.05) is 60.9 Å². The van der Waals surface area contributed by atoms with Crippen molar-refractivity contribution < 1.29 is 4.74 Å². The van der Waals surface area contributed by atoms with Crippen LogP contribution in [-0.2, 0) is 0 Å². The monoisotopic (exact) mass is 553 g/mol. The smallest absolute Gasteiger partial charge is 0.228 e. The largest absolute Gasteiger partial charge is 0.493 e. The van der Waals surface area contributed by atoms with E-state index in [1.807, 2.05) is 26.0 Å². The average molecular weight is 555 g/mol. The van der Waals surface area contributed by atoms with Gasteiger partial charge in [-0.2, -0.15) is 0 Å². The fourth-order valence-electron chi connectivity index (χ4n) is 4.95. The van der Waals surface area contributed by atoms with Crippen LogP contribution in [0.2, 0.25) is 10.0 Å². The van der Waals surface area contributed by atoms with Crippen LogP contribution in [0.5, 0.6) is 5.75 Å². The second-order valence-electron chi connectivity index (χ2n) is 11.1. The number of benzene rings is 2. The third-order valence-corrected chi connectivity index (χ3v) is 7.78. The van der Waals surface area contributed by atoms with Crippen molar-refractivity contribution in [2.75, 3.05) is 51.3 Å². The Morgan fingerprint density at radius 2 is 1.74 bits per heavy atom. The number of likely N-dealkylation sites (N-methyl/N-ethyl adjacent to an activating group) is 1. The standard InChI is InChI=1S/C30H37Cl2N5O/c1-20-16-27(24(32)17-23(20)31)37(30(3,4)5)29-22-15-21(2)28(18-25(22)34-19-26(29)33-6)38-14-8-9-36-12-10-35(7)11-13-36/h15-19H,8-14H2,1-5,7H3. The molecule has 2 aromatic carbocycles. The molecule has 0 bridgehead atoms. The van der Waals surface area contributed by atoms with E-state index in [0.717, 1.165) is 78.3 Å². The van der Waals surface area contributed by atoms with Gasteiger partial charge in [0.15, 0.2) is 0 Å². The van der Waals surface area contributed by atoms with Crippen molar-refractivity contribution in [2.24, 2.45) is 0 Å². The van der Waals surface area contributed by atoms with Crippen LogP contribution in [0.15, 0.2) is 30.5 Å². The van der Waals surface area contributed by atoms with E-state index in [0.29, 0.717) is 22.3 Å². The number of pyridine rings is 1. The Kier molecular flexibility index (Phi) is 8.74. The van der Waals surface area contributed by atoms with Gasteiger partial charge in [-0.05, 0) is 77.4 Å². The van der Waals surface area contributed by atoms with Crippen LogP contribution in [0.3, 0.4) is 0 Å². The predicted molar refractivity (Wildman–Crippen MR) is 160 cm³/mol. The summed E-state index contributed by atoms with van der Waals surface area (Å²) in [5.41, 5.74) is 4.39. The van der Waals surface area contributed by atoms with Crippen LogP contribution in [0.4, 0.5) is 17.1 Å². The molecule has 6 nitrogen and oxygen atoms in total. The lowest BCUT2D eigenvalue weighted by Gasteiger charge is -2.40. The van der Waals surface area contributed by atoms with E-state index >= 15 is 0 Å². The van der Waals surface area contributed by atoms with Crippen LogP contribution < -0.4 is 9.64 Å². The zero-order valence-corrected chi connectivity index (χ0v) is 24.7. The first-order chi connectivity index (χ1) is 18.0. The first kappa shape index (κ1) is 28.4. The molecule has 1 aromatic heterocycles. The quantitative estimate of drug-likeness (QED) is 0.221. The first-order valence-corrected chi connectivity index (χ1v) is 13.9. The number of aromatic nitrogens is 1. The molecule has 8 heteroatoms. The Balaban J connectivity index is 1.68. The number of aryl methyl sites for hydroxylation is 2. The molecule has 1 aliphatic rings. The summed E-state index contributed by atoms with van der Waals surface area (Å²) in [4.78, 5) is 15.5. The fourth-order valence-corrected chi connectivity index (χ4v) is 5.42. The topological polar surface area (TPSA) is 36.2 Å². The molecule has 0 unspecified atom stereocenters. The number of halogens is 2. The van der Waals surface area contributed by atoms with E-state index in [4.69, 9.17) is 34.5 Å². The SMILES string of the molecule is [C-]#[N+]c1cnc2cc(OCCCN3CCN(C)CC3)c(C)cc2c1N(c1cc(C)c(Cl)cc1Cl)C(C)(C)C. The van der Waals surface area contributed by atoms with Gasteiger partial charge in [-0.3, -0.25) is 4.98 Å². The van der Waals surface area contributed by atoms with E-state index in [9.17, 15) is 0 Å². The van der Waals surface area contributed by atoms with Crippen molar-refractivity contribution in [3.05, 3.63) is 63.1 Å². The molecule has 202 valence electrons. The Hall–Kier alpha value is -2.56. The van der Waals surface area contributed by atoms with E-state index in [2.05, 4.69) is 58.4 Å². The van der Waals surface area contributed by atoms with Crippen molar-refractivity contribution in [2.45, 2.75) is 46.6 Å². The van der Waals surface area contributed by atoms with Gasteiger partial charge in [0.05, 0.1) is 35.1 Å². The normalized spacial score (nSPS) is 15.0. The van der Waals surface area contributed by atoms with Gasteiger partial charge in [0.25, 0.3) is 0 Å². The number of hydrogen-bond acceptors (Lipinski definition) is 5. The summed E-state index contributed by atoms with van der Waals surface area (Å²) in [6.45, 7) is 24.4. The molecule has 0 atom stereocenters. The minimum absolute atomic E-state index is 0.385. The molecule has 1 saturated heterocycles. The number of hydrogen-bond donors (Lipinski definition) is 0. The summed E-state index contributed by atoms with van der Waals surface area (Å²) in [7, 11) is 2.18. The summed E-state index contributed by atoms with van der Waals surface area (Å²) in [6, 6.07) is 7.83. The van der Waals surface area contributed by atoms with Crippen LogP contribution in [-0.4, -0.2) is 66.7 Å². The van der Waals surface area contributed by atoms with Crippen molar-refractivity contribution in [1.82, 2.24) is 14.8 Å². The Morgan fingerprint density at radius 3 is 2.39 bits per heavy atom. The highest BCUT2D eigenvalue weighted by atomic mass is 35.5. The summed E-state index contributed by atoms with van der Waals surface area (Å²) < 4.78 is 6.23. The van der Waals surface area contributed by atoms with E-state index < -0.39 is 0 Å². The molecule has 4 rings (SSSR count). The zero-order chi connectivity index (χ0) is 27.6. The molecule has 1 fully saturated rings. The van der Waals surface area contributed by atoms with Crippen LogP contribution in [0.1, 0.15) is 38.3 Å². The Bertz CT molecular complexity index is 1350. The van der Waals surface area contributed by atoms with Crippen molar-refractivity contribution in [3.8, 4) is 5.75 Å². The van der Waals surface area contributed by atoms with Gasteiger partial charge in [0.1, 0.15) is 5.75 Å². The number of rotatable bonds is 7. The van der Waals surface area contributed by atoms with Crippen LogP contribution in [0, 0.1) is 20.4 Å². The van der Waals surface area contributed by atoms with Gasteiger partial charge in [-0.1, -0.05) is 23.2 Å². The average Bonchev–Trinajstić information content (AvgIpc) is 2.86. The van der Waals surface area contributed by atoms with Crippen LogP contribution in [0.25, 0.3) is 15.7 Å². The number of anilines is 2. The highest BCUT2D eigenvalue weighted by Crippen LogP contribution is 2.47. The van der Waals surface area contributed by atoms with Gasteiger partial charge in [-0.25, -0.2) is 4.85 Å². The molecule has 3 aromatic rings. The molecular formula is C30H37Cl2N5O. The van der Waals surface area contributed by atoms with E-state index in [1.54, 1.807) is 12.3 Å². The highest BCUT2D eigenvalue weighted by Gasteiger charge is 2.30. The Morgan fingerprint density at radius 1 is 1.03 bits per heavy atom. The van der Waals surface area contributed by atoms with Gasteiger partial charge in [-0.15, -0.1) is 0 Å². The number of ether oxygens (including phenoxy) is 1.